The number of para-hydroxylation sites is 2. The number of hydrogen-bond donors (Lipinski definition) is 0. The molecule has 4 aromatic carbocycles. The van der Waals surface area contributed by atoms with Crippen molar-refractivity contribution in [2.75, 3.05) is 0 Å². The molecule has 4 aromatic heterocycles. The Morgan fingerprint density at radius 1 is 0.526 bits per heavy atom. The molecule has 0 aliphatic heterocycles. The van der Waals surface area contributed by atoms with Crippen molar-refractivity contribution < 1.29 is 0 Å². The van der Waals surface area contributed by atoms with Gasteiger partial charge < -0.3 is 4.57 Å². The van der Waals surface area contributed by atoms with E-state index in [1.807, 2.05) is 41.4 Å². The van der Waals surface area contributed by atoms with Crippen LogP contribution in [0.5, 0.6) is 0 Å². The van der Waals surface area contributed by atoms with E-state index < -0.39 is 0 Å². The fourth-order valence-electron chi connectivity index (χ4n) is 5.45. The van der Waals surface area contributed by atoms with E-state index in [1.165, 1.54) is 27.2 Å². The van der Waals surface area contributed by atoms with Crippen molar-refractivity contribution >= 4 is 38.1 Å². The van der Waals surface area contributed by atoms with Gasteiger partial charge in [0.05, 0.1) is 28.3 Å². The van der Waals surface area contributed by atoms with E-state index in [2.05, 4.69) is 101 Å². The largest absolute Gasteiger partial charge is 0.309 e. The zero-order chi connectivity index (χ0) is 25.1. The molecule has 0 bridgehead atoms. The highest BCUT2D eigenvalue weighted by atomic mass is 15.2. The van der Waals surface area contributed by atoms with Crippen molar-refractivity contribution in [3.8, 4) is 28.2 Å². The average molecular weight is 488 g/mol. The van der Waals surface area contributed by atoms with Gasteiger partial charge in [-0.05, 0) is 41.3 Å². The fraction of sp³-hybridized carbons (Fsp3) is 0. The third kappa shape index (κ3) is 3.15. The number of fused-ring (bicyclic) bond motifs is 5. The van der Waals surface area contributed by atoms with Gasteiger partial charge in [-0.3, -0.25) is 0 Å². The summed E-state index contributed by atoms with van der Waals surface area (Å²) in [5.74, 6) is 0.668. The molecule has 0 saturated carbocycles. The summed E-state index contributed by atoms with van der Waals surface area (Å²) in [5, 5.41) is 9.38. The van der Waals surface area contributed by atoms with Crippen LogP contribution in [-0.4, -0.2) is 24.1 Å². The number of pyridine rings is 1. The van der Waals surface area contributed by atoms with Crippen LogP contribution in [-0.2, 0) is 0 Å². The fourth-order valence-corrected chi connectivity index (χ4v) is 5.45. The molecule has 0 saturated heterocycles. The topological polar surface area (TPSA) is 48.0 Å². The Kier molecular flexibility index (Phi) is 4.45. The molecule has 0 aliphatic carbocycles. The molecule has 4 heterocycles. The standard InChI is InChI=1S/C33H21N5/c1-2-8-24-21-37-32(17-23(24)7-1)29(20-36-37)33-34-18-25(19-35-33)22-13-15-26(16-14-22)38-30-11-5-3-9-27(30)28-10-4-6-12-31(28)38/h1-21H. The zero-order valence-electron chi connectivity index (χ0n) is 20.4. The highest BCUT2D eigenvalue weighted by Gasteiger charge is 2.13. The van der Waals surface area contributed by atoms with Gasteiger partial charge in [0.1, 0.15) is 0 Å². The molecule has 5 nitrogen and oxygen atoms in total. The van der Waals surface area contributed by atoms with Crippen molar-refractivity contribution in [1.29, 1.82) is 0 Å². The Bertz CT molecular complexity index is 2060. The van der Waals surface area contributed by atoms with Gasteiger partial charge >= 0.3 is 0 Å². The highest BCUT2D eigenvalue weighted by molar-refractivity contribution is 6.09. The zero-order valence-corrected chi connectivity index (χ0v) is 20.4. The van der Waals surface area contributed by atoms with E-state index in [-0.39, 0.29) is 0 Å². The normalized spacial score (nSPS) is 11.7. The summed E-state index contributed by atoms with van der Waals surface area (Å²) in [7, 11) is 0. The maximum atomic E-state index is 4.71. The van der Waals surface area contributed by atoms with Crippen LogP contribution in [0.4, 0.5) is 0 Å². The molecule has 0 fully saturated rings. The van der Waals surface area contributed by atoms with Gasteiger partial charge in [-0.1, -0.05) is 72.8 Å². The second-order valence-corrected chi connectivity index (χ2v) is 9.50. The predicted molar refractivity (Wildman–Crippen MR) is 153 cm³/mol. The van der Waals surface area contributed by atoms with Crippen LogP contribution in [0.3, 0.4) is 0 Å². The van der Waals surface area contributed by atoms with E-state index in [9.17, 15) is 0 Å². The molecule has 178 valence electrons. The van der Waals surface area contributed by atoms with E-state index in [1.54, 1.807) is 0 Å². The molecular formula is C33H21N5. The summed E-state index contributed by atoms with van der Waals surface area (Å²) < 4.78 is 4.21. The Balaban J connectivity index is 1.16. The summed E-state index contributed by atoms with van der Waals surface area (Å²) >= 11 is 0. The molecule has 8 aromatic rings. The number of nitrogens with zero attached hydrogens (tertiary/aromatic N) is 5. The van der Waals surface area contributed by atoms with Crippen LogP contribution < -0.4 is 0 Å². The lowest BCUT2D eigenvalue weighted by molar-refractivity contribution is 0.970. The minimum absolute atomic E-state index is 0.668. The maximum Gasteiger partial charge on any atom is 0.162 e. The quantitative estimate of drug-likeness (QED) is 0.256. The summed E-state index contributed by atoms with van der Waals surface area (Å²) in [6.45, 7) is 0. The first kappa shape index (κ1) is 20.9. The molecule has 38 heavy (non-hydrogen) atoms. The lowest BCUT2D eigenvalue weighted by atomic mass is 10.1. The highest BCUT2D eigenvalue weighted by Crippen LogP contribution is 2.32. The molecule has 0 aliphatic rings. The van der Waals surface area contributed by atoms with E-state index in [4.69, 9.17) is 9.97 Å². The molecule has 0 spiro atoms. The van der Waals surface area contributed by atoms with Crippen molar-refractivity contribution in [1.82, 2.24) is 24.1 Å². The number of rotatable bonds is 3. The number of aromatic nitrogens is 5. The Hall–Kier alpha value is -5.29. The summed E-state index contributed by atoms with van der Waals surface area (Å²) in [4.78, 5) is 9.42. The van der Waals surface area contributed by atoms with Crippen molar-refractivity contribution in [3.63, 3.8) is 0 Å². The predicted octanol–water partition coefficient (Wildman–Crippen LogP) is 7.71. The van der Waals surface area contributed by atoms with Gasteiger partial charge in [0.25, 0.3) is 0 Å². The van der Waals surface area contributed by atoms with Crippen LogP contribution >= 0.6 is 0 Å². The monoisotopic (exact) mass is 487 g/mol. The van der Waals surface area contributed by atoms with E-state index >= 15 is 0 Å². The van der Waals surface area contributed by atoms with Gasteiger partial charge in [0.15, 0.2) is 5.82 Å². The van der Waals surface area contributed by atoms with E-state index in [0.29, 0.717) is 5.82 Å². The van der Waals surface area contributed by atoms with Crippen LogP contribution in [0.25, 0.3) is 66.3 Å². The number of benzene rings is 4. The first-order valence-corrected chi connectivity index (χ1v) is 12.6. The Labute approximate surface area is 218 Å². The van der Waals surface area contributed by atoms with Crippen molar-refractivity contribution in [2.45, 2.75) is 0 Å². The molecular weight excluding hydrogens is 466 g/mol. The van der Waals surface area contributed by atoms with Gasteiger partial charge in [-0.15, -0.1) is 0 Å². The lowest BCUT2D eigenvalue weighted by Crippen LogP contribution is -1.94. The van der Waals surface area contributed by atoms with Crippen LogP contribution in [0.15, 0.2) is 128 Å². The van der Waals surface area contributed by atoms with Crippen LogP contribution in [0.1, 0.15) is 0 Å². The minimum Gasteiger partial charge on any atom is -0.309 e. The summed E-state index contributed by atoms with van der Waals surface area (Å²) in [6.07, 6.45) is 7.66. The number of hydrogen-bond acceptors (Lipinski definition) is 3. The molecule has 0 radical (unpaired) electrons. The summed E-state index contributed by atoms with van der Waals surface area (Å²) in [6, 6.07) is 36.2. The molecule has 0 amide bonds. The molecule has 0 unspecified atom stereocenters. The van der Waals surface area contributed by atoms with E-state index in [0.717, 1.165) is 33.3 Å². The average Bonchev–Trinajstić information content (AvgIpc) is 3.55. The van der Waals surface area contributed by atoms with Gasteiger partial charge in [-0.2, -0.15) is 5.10 Å². The molecule has 0 atom stereocenters. The smallest absolute Gasteiger partial charge is 0.162 e. The van der Waals surface area contributed by atoms with Crippen molar-refractivity contribution in [2.24, 2.45) is 0 Å². The first-order chi connectivity index (χ1) is 18.8. The van der Waals surface area contributed by atoms with Crippen molar-refractivity contribution in [3.05, 3.63) is 128 Å². The third-order valence-electron chi connectivity index (χ3n) is 7.32. The third-order valence-corrected chi connectivity index (χ3v) is 7.32. The molecule has 5 heteroatoms. The van der Waals surface area contributed by atoms with Crippen LogP contribution in [0.2, 0.25) is 0 Å². The Morgan fingerprint density at radius 2 is 1.16 bits per heavy atom. The Morgan fingerprint density at radius 3 is 1.87 bits per heavy atom. The van der Waals surface area contributed by atoms with Gasteiger partial charge in [-0.25, -0.2) is 14.5 Å². The molecule has 8 rings (SSSR count). The minimum atomic E-state index is 0.668. The van der Waals surface area contributed by atoms with Gasteiger partial charge in [0.2, 0.25) is 0 Å². The second-order valence-electron chi connectivity index (χ2n) is 9.50. The first-order valence-electron chi connectivity index (χ1n) is 12.6. The van der Waals surface area contributed by atoms with Crippen LogP contribution in [0, 0.1) is 0 Å². The molecule has 0 N–H and O–H groups in total. The maximum absolute atomic E-state index is 4.71. The lowest BCUT2D eigenvalue weighted by Gasteiger charge is -2.09. The SMILES string of the molecule is c1ccc2cn3ncc(-c4ncc(-c5ccc(-n6c7ccccc7c7ccccc76)cc5)cn4)c3cc2c1. The second kappa shape index (κ2) is 8.11. The summed E-state index contributed by atoms with van der Waals surface area (Å²) in [5.41, 5.74) is 7.50. The van der Waals surface area contributed by atoms with Gasteiger partial charge in [0, 0.05) is 46.0 Å².